The second kappa shape index (κ2) is 4.93. The molecular formula is C18H19N. The van der Waals surface area contributed by atoms with Crippen molar-refractivity contribution in [1.82, 2.24) is 4.57 Å². The Bertz CT molecular complexity index is 689. The summed E-state index contributed by atoms with van der Waals surface area (Å²) in [5.41, 5.74) is 5.39. The summed E-state index contributed by atoms with van der Waals surface area (Å²) in [5, 5.41) is 1.32. The van der Waals surface area contributed by atoms with E-state index < -0.39 is 0 Å². The lowest BCUT2D eigenvalue weighted by Crippen LogP contribution is -1.98. The smallest absolute Gasteiger partial charge is 0.0486 e. The first-order valence-electron chi connectivity index (χ1n) is 6.89. The molecule has 0 aliphatic rings. The zero-order chi connectivity index (χ0) is 13.2. The maximum atomic E-state index is 2.32. The molecule has 1 nitrogen and oxygen atoms in total. The second-order valence-corrected chi connectivity index (χ2v) is 5.18. The number of benzene rings is 2. The Kier molecular flexibility index (Phi) is 3.12. The molecule has 1 aromatic heterocycles. The molecule has 0 aliphatic carbocycles. The molecule has 0 bridgehead atoms. The fourth-order valence-electron chi connectivity index (χ4n) is 2.51. The lowest BCUT2D eigenvalue weighted by molar-refractivity contribution is 0.835. The molecule has 3 aromatic rings. The van der Waals surface area contributed by atoms with Crippen LogP contribution in [-0.2, 0) is 13.0 Å². The molecule has 96 valence electrons. The molecule has 1 heteroatoms. The van der Waals surface area contributed by atoms with Crippen molar-refractivity contribution < 1.29 is 0 Å². The van der Waals surface area contributed by atoms with Crippen molar-refractivity contribution in [3.63, 3.8) is 0 Å². The van der Waals surface area contributed by atoms with Crippen molar-refractivity contribution in [2.45, 2.75) is 26.8 Å². The van der Waals surface area contributed by atoms with Crippen molar-refractivity contribution in [1.29, 1.82) is 0 Å². The maximum Gasteiger partial charge on any atom is 0.0486 e. The summed E-state index contributed by atoms with van der Waals surface area (Å²) in [6, 6.07) is 17.7. The van der Waals surface area contributed by atoms with Gasteiger partial charge in [0, 0.05) is 18.3 Å². The average Bonchev–Trinajstić information content (AvgIpc) is 2.82. The summed E-state index contributed by atoms with van der Waals surface area (Å²) in [4.78, 5) is 0. The quantitative estimate of drug-likeness (QED) is 0.641. The third kappa shape index (κ3) is 2.41. The first kappa shape index (κ1) is 12.0. The van der Waals surface area contributed by atoms with E-state index in [9.17, 15) is 0 Å². The summed E-state index contributed by atoms with van der Waals surface area (Å²) in [6.07, 6.45) is 3.28. The van der Waals surface area contributed by atoms with Crippen LogP contribution in [0.5, 0.6) is 0 Å². The predicted octanol–water partition coefficient (Wildman–Crippen LogP) is 4.56. The van der Waals surface area contributed by atoms with E-state index in [-0.39, 0.29) is 0 Å². The van der Waals surface area contributed by atoms with Crippen molar-refractivity contribution in [2.75, 3.05) is 0 Å². The first-order valence-corrected chi connectivity index (χ1v) is 6.89. The normalized spacial score (nSPS) is 11.1. The molecular weight excluding hydrogens is 230 g/mol. The third-order valence-electron chi connectivity index (χ3n) is 3.71. The molecule has 2 aromatic carbocycles. The van der Waals surface area contributed by atoms with Gasteiger partial charge >= 0.3 is 0 Å². The Labute approximate surface area is 114 Å². The molecule has 19 heavy (non-hydrogen) atoms. The monoisotopic (exact) mass is 249 g/mol. The van der Waals surface area contributed by atoms with Gasteiger partial charge in [-0.25, -0.2) is 0 Å². The highest BCUT2D eigenvalue weighted by Gasteiger charge is 2.02. The van der Waals surface area contributed by atoms with Crippen LogP contribution in [0.1, 0.15) is 23.6 Å². The highest BCUT2D eigenvalue weighted by Crippen LogP contribution is 2.19. The van der Waals surface area contributed by atoms with E-state index in [2.05, 4.69) is 73.1 Å². The summed E-state index contributed by atoms with van der Waals surface area (Å²) >= 11 is 0. The van der Waals surface area contributed by atoms with Crippen molar-refractivity contribution in [3.8, 4) is 0 Å². The molecule has 0 saturated carbocycles. The third-order valence-corrected chi connectivity index (χ3v) is 3.71. The minimum atomic E-state index is 0.941. The minimum Gasteiger partial charge on any atom is -0.343 e. The number of hydrogen-bond donors (Lipinski definition) is 0. The van der Waals surface area contributed by atoms with Crippen LogP contribution in [0.2, 0.25) is 0 Å². The topological polar surface area (TPSA) is 4.93 Å². The average molecular weight is 249 g/mol. The van der Waals surface area contributed by atoms with E-state index in [1.165, 1.54) is 27.6 Å². The molecule has 3 rings (SSSR count). The van der Waals surface area contributed by atoms with Gasteiger partial charge in [0.05, 0.1) is 0 Å². The van der Waals surface area contributed by atoms with E-state index in [1.54, 1.807) is 0 Å². The Morgan fingerprint density at radius 2 is 1.63 bits per heavy atom. The molecule has 0 aliphatic heterocycles. The molecule has 0 amide bonds. The van der Waals surface area contributed by atoms with Gasteiger partial charge in [-0.3, -0.25) is 0 Å². The van der Waals surface area contributed by atoms with Crippen LogP contribution in [0.15, 0.2) is 54.7 Å². The molecule has 0 unspecified atom stereocenters. The van der Waals surface area contributed by atoms with E-state index >= 15 is 0 Å². The van der Waals surface area contributed by atoms with Gasteiger partial charge in [0.15, 0.2) is 0 Å². The number of aryl methyl sites for hydroxylation is 2. The molecule has 0 N–H and O–H groups in total. The van der Waals surface area contributed by atoms with Crippen LogP contribution in [0, 0.1) is 6.92 Å². The fourth-order valence-corrected chi connectivity index (χ4v) is 2.51. The van der Waals surface area contributed by atoms with Crippen molar-refractivity contribution >= 4 is 10.9 Å². The fraction of sp³-hybridized carbons (Fsp3) is 0.222. The van der Waals surface area contributed by atoms with Crippen LogP contribution >= 0.6 is 0 Å². The highest BCUT2D eigenvalue weighted by molar-refractivity contribution is 5.80. The van der Waals surface area contributed by atoms with Gasteiger partial charge in [-0.2, -0.15) is 0 Å². The highest BCUT2D eigenvalue weighted by atomic mass is 14.9. The molecule has 1 heterocycles. The second-order valence-electron chi connectivity index (χ2n) is 5.18. The molecule has 0 fully saturated rings. The predicted molar refractivity (Wildman–Crippen MR) is 81.6 cm³/mol. The lowest BCUT2D eigenvalue weighted by Gasteiger charge is -2.07. The van der Waals surface area contributed by atoms with Crippen molar-refractivity contribution in [2.24, 2.45) is 0 Å². The van der Waals surface area contributed by atoms with E-state index in [0.29, 0.717) is 0 Å². The van der Waals surface area contributed by atoms with Gasteiger partial charge in [0.25, 0.3) is 0 Å². The summed E-state index contributed by atoms with van der Waals surface area (Å²) in [7, 11) is 0. The van der Waals surface area contributed by atoms with Crippen LogP contribution in [0.4, 0.5) is 0 Å². The van der Waals surface area contributed by atoms with Gasteiger partial charge < -0.3 is 4.57 Å². The molecule has 0 saturated heterocycles. The summed E-state index contributed by atoms with van der Waals surface area (Å²) < 4.78 is 2.32. The van der Waals surface area contributed by atoms with Gasteiger partial charge in [-0.05, 0) is 47.6 Å². The zero-order valence-corrected chi connectivity index (χ0v) is 11.6. The Hall–Kier alpha value is -2.02. The van der Waals surface area contributed by atoms with Crippen LogP contribution in [0.3, 0.4) is 0 Å². The van der Waals surface area contributed by atoms with Gasteiger partial charge in [-0.15, -0.1) is 0 Å². The number of hydrogen-bond acceptors (Lipinski definition) is 0. The largest absolute Gasteiger partial charge is 0.343 e. The summed E-state index contributed by atoms with van der Waals surface area (Å²) in [6.45, 7) is 5.28. The Morgan fingerprint density at radius 3 is 2.37 bits per heavy atom. The number of rotatable bonds is 3. The SMILES string of the molecule is CCc1ccc(Cn2ccc3ccc(C)cc32)cc1. The molecule has 0 spiro atoms. The molecule has 0 atom stereocenters. The van der Waals surface area contributed by atoms with Gasteiger partial charge in [0.1, 0.15) is 0 Å². The van der Waals surface area contributed by atoms with Crippen molar-refractivity contribution in [3.05, 3.63) is 71.4 Å². The van der Waals surface area contributed by atoms with E-state index in [4.69, 9.17) is 0 Å². The number of fused-ring (bicyclic) bond motifs is 1. The first-order chi connectivity index (χ1) is 9.26. The lowest BCUT2D eigenvalue weighted by atomic mass is 10.1. The van der Waals surface area contributed by atoms with Crippen LogP contribution < -0.4 is 0 Å². The van der Waals surface area contributed by atoms with Gasteiger partial charge in [-0.1, -0.05) is 43.3 Å². The standard InChI is InChI=1S/C18H19N/c1-3-15-5-7-16(8-6-15)13-19-11-10-17-9-4-14(2)12-18(17)19/h4-12H,3,13H2,1-2H3. The Balaban J connectivity index is 1.93. The van der Waals surface area contributed by atoms with E-state index in [1.807, 2.05) is 0 Å². The Morgan fingerprint density at radius 1 is 0.895 bits per heavy atom. The summed E-state index contributed by atoms with van der Waals surface area (Å²) in [5.74, 6) is 0. The van der Waals surface area contributed by atoms with Crippen LogP contribution in [0.25, 0.3) is 10.9 Å². The van der Waals surface area contributed by atoms with E-state index in [0.717, 1.165) is 13.0 Å². The number of nitrogens with zero attached hydrogens (tertiary/aromatic N) is 1. The maximum absolute atomic E-state index is 2.32. The minimum absolute atomic E-state index is 0.941. The van der Waals surface area contributed by atoms with Gasteiger partial charge in [0.2, 0.25) is 0 Å². The van der Waals surface area contributed by atoms with Crippen LogP contribution in [-0.4, -0.2) is 4.57 Å². The molecule has 0 radical (unpaired) electrons. The zero-order valence-electron chi connectivity index (χ0n) is 11.6. The number of aromatic nitrogens is 1.